The molecule has 0 spiro atoms. The summed E-state index contributed by atoms with van der Waals surface area (Å²) in [4.78, 5) is 13.7. The maximum absolute atomic E-state index is 11.6. The van der Waals surface area contributed by atoms with E-state index in [-0.39, 0.29) is 18.6 Å². The number of benzene rings is 1. The average Bonchev–Trinajstić information content (AvgIpc) is 2.46. The molecule has 0 aliphatic rings. The first-order valence-corrected chi connectivity index (χ1v) is 7.02. The molecule has 112 valence electrons. The SMILES string of the molecule is CC(CCO)CNC(=O)NCCN(C)c1ccccc1. The Bertz CT molecular complexity index is 384. The highest BCUT2D eigenvalue weighted by molar-refractivity contribution is 5.73. The Balaban J connectivity index is 2.16. The number of nitrogens with one attached hydrogen (secondary N) is 2. The molecule has 5 nitrogen and oxygen atoms in total. The van der Waals surface area contributed by atoms with Crippen molar-refractivity contribution in [2.45, 2.75) is 13.3 Å². The fourth-order valence-electron chi connectivity index (χ4n) is 1.80. The van der Waals surface area contributed by atoms with E-state index in [4.69, 9.17) is 5.11 Å². The second kappa shape index (κ2) is 9.20. The van der Waals surface area contributed by atoms with Crippen molar-refractivity contribution in [3.05, 3.63) is 30.3 Å². The van der Waals surface area contributed by atoms with Crippen LogP contribution >= 0.6 is 0 Å². The number of carbonyl (C=O) groups excluding carboxylic acids is 1. The number of anilines is 1. The van der Waals surface area contributed by atoms with E-state index in [9.17, 15) is 4.79 Å². The maximum Gasteiger partial charge on any atom is 0.314 e. The summed E-state index contributed by atoms with van der Waals surface area (Å²) in [6.07, 6.45) is 0.705. The highest BCUT2D eigenvalue weighted by atomic mass is 16.3. The lowest BCUT2D eigenvalue weighted by Crippen LogP contribution is -2.41. The van der Waals surface area contributed by atoms with Crippen LogP contribution in [0.2, 0.25) is 0 Å². The molecule has 1 aromatic rings. The molecule has 1 atom stereocenters. The molecule has 3 N–H and O–H groups in total. The van der Waals surface area contributed by atoms with E-state index in [2.05, 4.69) is 15.5 Å². The molecule has 0 bridgehead atoms. The summed E-state index contributed by atoms with van der Waals surface area (Å²) < 4.78 is 0. The smallest absolute Gasteiger partial charge is 0.314 e. The summed E-state index contributed by atoms with van der Waals surface area (Å²) in [5.74, 6) is 0.290. The van der Waals surface area contributed by atoms with Gasteiger partial charge >= 0.3 is 6.03 Å². The van der Waals surface area contributed by atoms with E-state index in [1.165, 1.54) is 0 Å². The monoisotopic (exact) mass is 279 g/mol. The third-order valence-electron chi connectivity index (χ3n) is 3.16. The Kier molecular flexibility index (Phi) is 7.50. The van der Waals surface area contributed by atoms with Crippen molar-refractivity contribution in [1.29, 1.82) is 0 Å². The minimum absolute atomic E-state index is 0.156. The molecule has 0 saturated heterocycles. The normalized spacial score (nSPS) is 11.8. The van der Waals surface area contributed by atoms with Crippen LogP contribution in [0.5, 0.6) is 0 Å². The molecule has 1 unspecified atom stereocenters. The molecule has 0 aromatic heterocycles. The lowest BCUT2D eigenvalue weighted by Gasteiger charge is -2.19. The van der Waals surface area contributed by atoms with Gasteiger partial charge in [0.15, 0.2) is 0 Å². The van der Waals surface area contributed by atoms with Crippen LogP contribution in [0.4, 0.5) is 10.5 Å². The van der Waals surface area contributed by atoms with Gasteiger partial charge in [-0.25, -0.2) is 4.79 Å². The Labute approximate surface area is 121 Å². The van der Waals surface area contributed by atoms with Crippen LogP contribution in [0.1, 0.15) is 13.3 Å². The van der Waals surface area contributed by atoms with Crippen LogP contribution in [0, 0.1) is 5.92 Å². The Morgan fingerprint density at radius 3 is 2.65 bits per heavy atom. The largest absolute Gasteiger partial charge is 0.396 e. The number of likely N-dealkylation sites (N-methyl/N-ethyl adjacent to an activating group) is 1. The summed E-state index contributed by atoms with van der Waals surface area (Å²) >= 11 is 0. The molecule has 0 aliphatic carbocycles. The topological polar surface area (TPSA) is 64.6 Å². The van der Waals surface area contributed by atoms with Crippen molar-refractivity contribution in [2.24, 2.45) is 5.92 Å². The number of hydrogen-bond donors (Lipinski definition) is 3. The van der Waals surface area contributed by atoms with Crippen LogP contribution in [0.3, 0.4) is 0 Å². The Hall–Kier alpha value is -1.75. The molecular weight excluding hydrogens is 254 g/mol. The van der Waals surface area contributed by atoms with Gasteiger partial charge in [-0.05, 0) is 24.5 Å². The number of aliphatic hydroxyl groups is 1. The van der Waals surface area contributed by atoms with Gasteiger partial charge in [0.25, 0.3) is 0 Å². The second-order valence-electron chi connectivity index (χ2n) is 5.01. The zero-order valence-corrected chi connectivity index (χ0v) is 12.3. The highest BCUT2D eigenvalue weighted by Crippen LogP contribution is 2.09. The third-order valence-corrected chi connectivity index (χ3v) is 3.16. The Morgan fingerprint density at radius 2 is 2.00 bits per heavy atom. The lowest BCUT2D eigenvalue weighted by atomic mass is 10.1. The molecule has 0 saturated carbocycles. The number of aliphatic hydroxyl groups excluding tert-OH is 1. The molecule has 1 aromatic carbocycles. The van der Waals surface area contributed by atoms with Gasteiger partial charge in [-0.3, -0.25) is 0 Å². The predicted octanol–water partition coefficient (Wildman–Crippen LogP) is 1.44. The van der Waals surface area contributed by atoms with Crippen molar-refractivity contribution in [3.8, 4) is 0 Å². The van der Waals surface area contributed by atoms with Gasteiger partial charge < -0.3 is 20.6 Å². The number of rotatable bonds is 8. The van der Waals surface area contributed by atoms with Crippen LogP contribution < -0.4 is 15.5 Å². The minimum atomic E-state index is -0.156. The van der Waals surface area contributed by atoms with Gasteiger partial charge in [-0.1, -0.05) is 25.1 Å². The van der Waals surface area contributed by atoms with Crippen LogP contribution in [0.25, 0.3) is 0 Å². The summed E-state index contributed by atoms with van der Waals surface area (Å²) in [7, 11) is 2.00. The molecule has 1 rings (SSSR count). The summed E-state index contributed by atoms with van der Waals surface area (Å²) in [5.41, 5.74) is 1.13. The molecule has 0 radical (unpaired) electrons. The quantitative estimate of drug-likeness (QED) is 0.674. The molecule has 0 aliphatic heterocycles. The van der Waals surface area contributed by atoms with Gasteiger partial charge in [0.05, 0.1) is 0 Å². The molecule has 2 amide bonds. The standard InChI is InChI=1S/C15H25N3O2/c1-13(8-11-19)12-17-15(20)16-9-10-18(2)14-6-4-3-5-7-14/h3-7,13,19H,8-12H2,1-2H3,(H2,16,17,20). The van der Waals surface area contributed by atoms with E-state index in [1.54, 1.807) is 0 Å². The van der Waals surface area contributed by atoms with Gasteiger partial charge in [-0.2, -0.15) is 0 Å². The van der Waals surface area contributed by atoms with Gasteiger partial charge in [-0.15, -0.1) is 0 Å². The van der Waals surface area contributed by atoms with Crippen molar-refractivity contribution >= 4 is 11.7 Å². The van der Waals surface area contributed by atoms with Crippen LogP contribution in [-0.2, 0) is 0 Å². The molecule has 0 fully saturated rings. The van der Waals surface area contributed by atoms with E-state index in [1.807, 2.05) is 44.3 Å². The third kappa shape index (κ3) is 6.43. The van der Waals surface area contributed by atoms with Crippen molar-refractivity contribution in [1.82, 2.24) is 10.6 Å². The first-order chi connectivity index (χ1) is 9.63. The Morgan fingerprint density at radius 1 is 1.30 bits per heavy atom. The van der Waals surface area contributed by atoms with Crippen LogP contribution in [-0.4, -0.2) is 44.4 Å². The fraction of sp³-hybridized carbons (Fsp3) is 0.533. The molecule has 20 heavy (non-hydrogen) atoms. The zero-order chi connectivity index (χ0) is 14.8. The maximum atomic E-state index is 11.6. The number of nitrogens with zero attached hydrogens (tertiary/aromatic N) is 1. The van der Waals surface area contributed by atoms with Crippen molar-refractivity contribution in [3.63, 3.8) is 0 Å². The first kappa shape index (κ1) is 16.3. The minimum Gasteiger partial charge on any atom is -0.396 e. The molecular formula is C15H25N3O2. The zero-order valence-electron chi connectivity index (χ0n) is 12.3. The predicted molar refractivity (Wildman–Crippen MR) is 82.0 cm³/mol. The van der Waals surface area contributed by atoms with Crippen molar-refractivity contribution in [2.75, 3.05) is 38.2 Å². The summed E-state index contributed by atoms with van der Waals surface area (Å²) in [6, 6.07) is 9.89. The van der Waals surface area contributed by atoms with E-state index < -0.39 is 0 Å². The highest BCUT2D eigenvalue weighted by Gasteiger charge is 2.05. The van der Waals surface area contributed by atoms with Gasteiger partial charge in [0, 0.05) is 39.0 Å². The molecule has 0 heterocycles. The number of para-hydroxylation sites is 1. The summed E-state index contributed by atoms with van der Waals surface area (Å²) in [5, 5.41) is 14.4. The average molecular weight is 279 g/mol. The van der Waals surface area contributed by atoms with Crippen LogP contribution in [0.15, 0.2) is 30.3 Å². The lowest BCUT2D eigenvalue weighted by molar-refractivity contribution is 0.234. The van der Waals surface area contributed by atoms with Gasteiger partial charge in [0.2, 0.25) is 0 Å². The second-order valence-corrected chi connectivity index (χ2v) is 5.01. The first-order valence-electron chi connectivity index (χ1n) is 7.02. The fourth-order valence-corrected chi connectivity index (χ4v) is 1.80. The van der Waals surface area contributed by atoms with E-state index in [0.717, 1.165) is 12.2 Å². The molecule has 5 heteroatoms. The number of carbonyl (C=O) groups is 1. The number of amides is 2. The van der Waals surface area contributed by atoms with E-state index in [0.29, 0.717) is 19.5 Å². The van der Waals surface area contributed by atoms with E-state index >= 15 is 0 Å². The summed E-state index contributed by atoms with van der Waals surface area (Å²) in [6.45, 7) is 4.09. The van der Waals surface area contributed by atoms with Crippen molar-refractivity contribution < 1.29 is 9.90 Å². The van der Waals surface area contributed by atoms with Gasteiger partial charge in [0.1, 0.15) is 0 Å². The number of urea groups is 1. The number of hydrogen-bond acceptors (Lipinski definition) is 3.